The second-order valence-electron chi connectivity index (χ2n) is 4.50. The van der Waals surface area contributed by atoms with Crippen molar-refractivity contribution < 1.29 is 9.15 Å². The largest absolute Gasteiger partial charge is 0.482 e. The number of ether oxygens (including phenoxy) is 1. The average molecular weight is 264 g/mol. The fraction of sp³-hybridized carbons (Fsp3) is 0.286. The molecule has 18 heavy (non-hydrogen) atoms. The Kier molecular flexibility index (Phi) is 2.71. The fourth-order valence-electron chi connectivity index (χ4n) is 2.28. The zero-order valence-corrected chi connectivity index (χ0v) is 11.0. The highest BCUT2D eigenvalue weighted by atomic mass is 35.5. The van der Waals surface area contributed by atoms with Crippen LogP contribution in [0.15, 0.2) is 28.7 Å². The molecule has 0 radical (unpaired) electrons. The number of hydrogen-bond donors (Lipinski definition) is 1. The van der Waals surface area contributed by atoms with Gasteiger partial charge >= 0.3 is 0 Å². The maximum atomic E-state index is 5.99. The molecule has 2 heterocycles. The molecule has 1 aromatic carbocycles. The van der Waals surface area contributed by atoms with Crippen molar-refractivity contribution in [2.45, 2.75) is 20.0 Å². The van der Waals surface area contributed by atoms with Gasteiger partial charge in [-0.2, -0.15) is 0 Å². The first-order valence-electron chi connectivity index (χ1n) is 5.90. The number of aryl methyl sites for hydroxylation is 2. The minimum absolute atomic E-state index is 0.0175. The summed E-state index contributed by atoms with van der Waals surface area (Å²) in [6, 6.07) is 7.63. The minimum Gasteiger partial charge on any atom is -0.482 e. The molecule has 0 amide bonds. The number of furan rings is 1. The van der Waals surface area contributed by atoms with Crippen LogP contribution in [0.4, 0.5) is 5.69 Å². The third-order valence-electron chi connectivity index (χ3n) is 3.11. The van der Waals surface area contributed by atoms with Gasteiger partial charge in [-0.25, -0.2) is 0 Å². The number of benzene rings is 1. The smallest absolute Gasteiger partial charge is 0.144 e. The molecule has 4 heteroatoms. The van der Waals surface area contributed by atoms with Crippen molar-refractivity contribution in [3.63, 3.8) is 0 Å². The van der Waals surface area contributed by atoms with E-state index in [1.807, 2.05) is 38.1 Å². The van der Waals surface area contributed by atoms with Crippen molar-refractivity contribution in [3.05, 3.63) is 46.4 Å². The van der Waals surface area contributed by atoms with Crippen LogP contribution in [0.1, 0.15) is 23.2 Å². The lowest BCUT2D eigenvalue weighted by atomic mass is 10.1. The summed E-state index contributed by atoms with van der Waals surface area (Å²) in [5.74, 6) is 2.65. The van der Waals surface area contributed by atoms with Gasteiger partial charge in [-0.1, -0.05) is 11.6 Å². The Morgan fingerprint density at radius 1 is 1.28 bits per heavy atom. The molecule has 0 spiro atoms. The Labute approximate surface area is 111 Å². The third-order valence-corrected chi connectivity index (χ3v) is 3.35. The van der Waals surface area contributed by atoms with Crippen molar-refractivity contribution in [2.24, 2.45) is 0 Å². The number of anilines is 1. The minimum atomic E-state index is -0.0175. The Hall–Kier alpha value is -1.61. The number of nitrogens with one attached hydrogen (secondary N) is 1. The van der Waals surface area contributed by atoms with Crippen molar-refractivity contribution in [2.75, 3.05) is 11.9 Å². The molecule has 1 unspecified atom stereocenters. The van der Waals surface area contributed by atoms with Crippen molar-refractivity contribution >= 4 is 17.3 Å². The number of fused-ring (bicyclic) bond motifs is 1. The van der Waals surface area contributed by atoms with Gasteiger partial charge in [0, 0.05) is 10.6 Å². The van der Waals surface area contributed by atoms with Crippen molar-refractivity contribution in [1.29, 1.82) is 0 Å². The van der Waals surface area contributed by atoms with Gasteiger partial charge in [0.1, 0.15) is 23.4 Å². The van der Waals surface area contributed by atoms with Crippen LogP contribution < -0.4 is 10.1 Å². The van der Waals surface area contributed by atoms with Gasteiger partial charge in [-0.3, -0.25) is 0 Å². The van der Waals surface area contributed by atoms with Gasteiger partial charge in [0.25, 0.3) is 0 Å². The van der Waals surface area contributed by atoms with Gasteiger partial charge < -0.3 is 14.5 Å². The van der Waals surface area contributed by atoms with E-state index < -0.39 is 0 Å². The summed E-state index contributed by atoms with van der Waals surface area (Å²) >= 11 is 5.95. The van der Waals surface area contributed by atoms with Gasteiger partial charge in [0.2, 0.25) is 0 Å². The molecule has 0 bridgehead atoms. The van der Waals surface area contributed by atoms with Crippen molar-refractivity contribution in [3.8, 4) is 5.75 Å². The number of hydrogen-bond acceptors (Lipinski definition) is 3. The maximum absolute atomic E-state index is 5.99. The second kappa shape index (κ2) is 4.25. The number of rotatable bonds is 1. The first-order chi connectivity index (χ1) is 8.63. The summed E-state index contributed by atoms with van der Waals surface area (Å²) in [6.07, 6.45) is -0.0175. The molecule has 1 aliphatic rings. The topological polar surface area (TPSA) is 34.4 Å². The Morgan fingerprint density at radius 3 is 2.83 bits per heavy atom. The molecule has 1 atom stereocenters. The molecule has 0 fully saturated rings. The van der Waals surface area contributed by atoms with Crippen LogP contribution >= 0.6 is 11.6 Å². The standard InChI is InChI=1S/C14H14ClNO2/c1-8-5-11(9(2)17-8)14-7-16-12-6-10(15)3-4-13(12)18-14/h3-6,14,16H,7H2,1-2H3. The third kappa shape index (κ3) is 1.95. The van der Waals surface area contributed by atoms with Crippen LogP contribution in [0, 0.1) is 13.8 Å². The van der Waals surface area contributed by atoms with E-state index in [0.29, 0.717) is 11.6 Å². The molecule has 2 aromatic rings. The molecular formula is C14H14ClNO2. The summed E-state index contributed by atoms with van der Waals surface area (Å²) in [5.41, 5.74) is 2.04. The van der Waals surface area contributed by atoms with E-state index in [4.69, 9.17) is 20.8 Å². The molecule has 0 aliphatic carbocycles. The predicted octanol–water partition coefficient (Wildman–Crippen LogP) is 4.10. The van der Waals surface area contributed by atoms with Gasteiger partial charge in [-0.05, 0) is 38.1 Å². The SMILES string of the molecule is Cc1cc(C2CNc3cc(Cl)ccc3O2)c(C)o1. The second-order valence-corrected chi connectivity index (χ2v) is 4.93. The summed E-state index contributed by atoms with van der Waals surface area (Å²) in [6.45, 7) is 4.62. The highest BCUT2D eigenvalue weighted by Crippen LogP contribution is 2.37. The molecule has 0 saturated carbocycles. The lowest BCUT2D eigenvalue weighted by Gasteiger charge is -2.27. The molecular weight excluding hydrogens is 250 g/mol. The summed E-state index contributed by atoms with van der Waals surface area (Å²) in [5, 5.41) is 4.04. The zero-order valence-electron chi connectivity index (χ0n) is 10.3. The van der Waals surface area contributed by atoms with Crippen molar-refractivity contribution in [1.82, 2.24) is 0 Å². The van der Waals surface area contributed by atoms with Crippen LogP contribution in [0.5, 0.6) is 5.75 Å². The summed E-state index contributed by atoms with van der Waals surface area (Å²) in [7, 11) is 0. The van der Waals surface area contributed by atoms with E-state index >= 15 is 0 Å². The fourth-order valence-corrected chi connectivity index (χ4v) is 2.46. The van der Waals surface area contributed by atoms with E-state index in [0.717, 1.165) is 28.5 Å². The first-order valence-corrected chi connectivity index (χ1v) is 6.28. The van der Waals surface area contributed by atoms with Gasteiger partial charge in [0.15, 0.2) is 0 Å². The zero-order chi connectivity index (χ0) is 12.7. The average Bonchev–Trinajstić information content (AvgIpc) is 2.68. The first kappa shape index (κ1) is 11.5. The van der Waals surface area contributed by atoms with E-state index in [1.54, 1.807) is 0 Å². The van der Waals surface area contributed by atoms with E-state index in [9.17, 15) is 0 Å². The van der Waals surface area contributed by atoms with E-state index in [2.05, 4.69) is 5.32 Å². The lowest BCUT2D eigenvalue weighted by Crippen LogP contribution is -2.23. The monoisotopic (exact) mass is 263 g/mol. The highest BCUT2D eigenvalue weighted by molar-refractivity contribution is 6.30. The van der Waals surface area contributed by atoms with Crippen LogP contribution in [0.25, 0.3) is 0 Å². The molecule has 1 aliphatic heterocycles. The van der Waals surface area contributed by atoms with Gasteiger partial charge in [-0.15, -0.1) is 0 Å². The van der Waals surface area contributed by atoms with E-state index in [-0.39, 0.29) is 6.10 Å². The van der Waals surface area contributed by atoms with Crippen LogP contribution in [-0.2, 0) is 0 Å². The van der Waals surface area contributed by atoms with Crippen LogP contribution in [-0.4, -0.2) is 6.54 Å². The predicted molar refractivity (Wildman–Crippen MR) is 71.5 cm³/mol. The van der Waals surface area contributed by atoms with E-state index in [1.165, 1.54) is 0 Å². The van der Waals surface area contributed by atoms with Crippen LogP contribution in [0.3, 0.4) is 0 Å². The Bertz CT molecular complexity index is 591. The maximum Gasteiger partial charge on any atom is 0.144 e. The molecule has 94 valence electrons. The lowest BCUT2D eigenvalue weighted by molar-refractivity contribution is 0.208. The molecule has 3 nitrogen and oxygen atoms in total. The Morgan fingerprint density at radius 2 is 2.11 bits per heavy atom. The molecule has 3 rings (SSSR count). The molecule has 1 aromatic heterocycles. The molecule has 1 N–H and O–H groups in total. The quantitative estimate of drug-likeness (QED) is 0.841. The number of halogens is 1. The van der Waals surface area contributed by atoms with Crippen LogP contribution in [0.2, 0.25) is 5.02 Å². The summed E-state index contributed by atoms with van der Waals surface area (Å²) < 4.78 is 11.5. The normalized spacial score (nSPS) is 17.8. The molecule has 0 saturated heterocycles. The summed E-state index contributed by atoms with van der Waals surface area (Å²) in [4.78, 5) is 0. The Balaban J connectivity index is 1.91. The highest BCUT2D eigenvalue weighted by Gasteiger charge is 2.24. The van der Waals surface area contributed by atoms with Gasteiger partial charge in [0.05, 0.1) is 12.2 Å².